The summed E-state index contributed by atoms with van der Waals surface area (Å²) in [6.45, 7) is 1.98. The van der Waals surface area contributed by atoms with Gasteiger partial charge in [0.05, 0.1) is 41.8 Å². The number of hydrogen-bond donors (Lipinski definition) is 0. The summed E-state index contributed by atoms with van der Waals surface area (Å²) in [5.41, 5.74) is 2.07. The zero-order chi connectivity index (χ0) is 14.6. The molecule has 2 saturated heterocycles. The van der Waals surface area contributed by atoms with Crippen LogP contribution >= 0.6 is 11.6 Å². The standard InChI is InChI=1S/C16H19ClN2O2/c1-9(17)16-18-12-5-3-10(20-2)7-13(12)19(16)14-8-11-4-6-15(14)21-11/h3,5,7,9,11,14-15H,4,6,8H2,1-2H3. The van der Waals surface area contributed by atoms with Crippen molar-refractivity contribution in [2.45, 2.75) is 49.8 Å². The first-order valence-electron chi connectivity index (χ1n) is 7.53. The number of alkyl halides is 1. The minimum absolute atomic E-state index is 0.123. The Hall–Kier alpha value is -1.26. The number of methoxy groups -OCH3 is 1. The molecule has 2 aliphatic rings. The van der Waals surface area contributed by atoms with Crippen molar-refractivity contribution >= 4 is 22.6 Å². The highest BCUT2D eigenvalue weighted by atomic mass is 35.5. The Balaban J connectivity index is 1.89. The molecule has 2 fully saturated rings. The van der Waals surface area contributed by atoms with Gasteiger partial charge in [-0.3, -0.25) is 0 Å². The molecule has 112 valence electrons. The Morgan fingerprint density at radius 3 is 2.90 bits per heavy atom. The van der Waals surface area contributed by atoms with E-state index in [9.17, 15) is 0 Å². The molecule has 0 aliphatic carbocycles. The molecule has 21 heavy (non-hydrogen) atoms. The largest absolute Gasteiger partial charge is 0.497 e. The Kier molecular flexibility index (Phi) is 3.12. The van der Waals surface area contributed by atoms with Crippen LogP contribution in [0.15, 0.2) is 18.2 Å². The number of fused-ring (bicyclic) bond motifs is 3. The third-order valence-electron chi connectivity index (χ3n) is 4.69. The molecule has 0 radical (unpaired) electrons. The fourth-order valence-electron chi connectivity index (χ4n) is 3.73. The molecule has 1 aromatic heterocycles. The first-order chi connectivity index (χ1) is 10.2. The van der Waals surface area contributed by atoms with E-state index in [0.29, 0.717) is 18.2 Å². The van der Waals surface area contributed by atoms with Crippen LogP contribution in [0.4, 0.5) is 0 Å². The second kappa shape index (κ2) is 4.89. The van der Waals surface area contributed by atoms with Gasteiger partial charge in [-0.15, -0.1) is 11.6 Å². The minimum atomic E-state index is -0.123. The van der Waals surface area contributed by atoms with Gasteiger partial charge >= 0.3 is 0 Å². The summed E-state index contributed by atoms with van der Waals surface area (Å²) in [5, 5.41) is -0.123. The molecule has 3 heterocycles. The van der Waals surface area contributed by atoms with E-state index in [0.717, 1.165) is 35.4 Å². The number of ether oxygens (including phenoxy) is 2. The lowest BCUT2D eigenvalue weighted by Crippen LogP contribution is -2.22. The molecule has 0 spiro atoms. The van der Waals surface area contributed by atoms with Crippen LogP contribution in [0, 0.1) is 0 Å². The summed E-state index contributed by atoms with van der Waals surface area (Å²) in [4.78, 5) is 4.74. The van der Waals surface area contributed by atoms with Crippen LogP contribution in [0.1, 0.15) is 43.4 Å². The summed E-state index contributed by atoms with van der Waals surface area (Å²) in [7, 11) is 1.69. The van der Waals surface area contributed by atoms with Crippen LogP contribution in [0.25, 0.3) is 11.0 Å². The summed E-state index contributed by atoms with van der Waals surface area (Å²) in [6.07, 6.45) is 4.08. The van der Waals surface area contributed by atoms with Crippen molar-refractivity contribution in [3.63, 3.8) is 0 Å². The monoisotopic (exact) mass is 306 g/mol. The third-order valence-corrected chi connectivity index (χ3v) is 4.88. The topological polar surface area (TPSA) is 36.3 Å². The molecular formula is C16H19ClN2O2. The van der Waals surface area contributed by atoms with Gasteiger partial charge in [-0.05, 0) is 38.3 Å². The summed E-state index contributed by atoms with van der Waals surface area (Å²) in [6, 6.07) is 6.34. The SMILES string of the molecule is COc1ccc2nc(C(C)Cl)n(C3CC4CCC3O4)c2c1. The number of nitrogens with zero attached hydrogens (tertiary/aromatic N) is 2. The highest BCUT2D eigenvalue weighted by Gasteiger charge is 2.43. The quantitative estimate of drug-likeness (QED) is 0.808. The summed E-state index contributed by atoms with van der Waals surface area (Å²) >= 11 is 6.38. The lowest BCUT2D eigenvalue weighted by Gasteiger charge is -2.24. The molecule has 0 amide bonds. The van der Waals surface area contributed by atoms with Crippen LogP contribution in [0.5, 0.6) is 5.75 Å². The van der Waals surface area contributed by atoms with Crippen LogP contribution in [-0.2, 0) is 4.74 Å². The van der Waals surface area contributed by atoms with E-state index < -0.39 is 0 Å². The van der Waals surface area contributed by atoms with Crippen molar-refractivity contribution < 1.29 is 9.47 Å². The maximum absolute atomic E-state index is 6.38. The van der Waals surface area contributed by atoms with E-state index in [1.807, 2.05) is 19.1 Å². The van der Waals surface area contributed by atoms with Crippen molar-refractivity contribution in [1.29, 1.82) is 0 Å². The van der Waals surface area contributed by atoms with Gasteiger partial charge in [0.1, 0.15) is 11.6 Å². The molecular weight excluding hydrogens is 288 g/mol. The van der Waals surface area contributed by atoms with Crippen LogP contribution in [0.3, 0.4) is 0 Å². The number of rotatable bonds is 3. The van der Waals surface area contributed by atoms with Crippen molar-refractivity contribution in [2.24, 2.45) is 0 Å². The first kappa shape index (κ1) is 13.4. The summed E-state index contributed by atoms with van der Waals surface area (Å²) < 4.78 is 13.7. The smallest absolute Gasteiger partial charge is 0.128 e. The Morgan fingerprint density at radius 2 is 2.29 bits per heavy atom. The van der Waals surface area contributed by atoms with Crippen LogP contribution in [-0.4, -0.2) is 28.9 Å². The predicted octanol–water partition coefficient (Wildman–Crippen LogP) is 3.84. The van der Waals surface area contributed by atoms with Gasteiger partial charge in [-0.25, -0.2) is 4.98 Å². The Morgan fingerprint density at radius 1 is 1.43 bits per heavy atom. The van der Waals surface area contributed by atoms with E-state index >= 15 is 0 Å². The predicted molar refractivity (Wildman–Crippen MR) is 82.1 cm³/mol. The van der Waals surface area contributed by atoms with Gasteiger partial charge in [-0.2, -0.15) is 0 Å². The number of benzene rings is 1. The second-order valence-corrected chi connectivity index (χ2v) is 6.64. The molecule has 2 bridgehead atoms. The fraction of sp³-hybridized carbons (Fsp3) is 0.562. The van der Waals surface area contributed by atoms with Crippen molar-refractivity contribution in [3.8, 4) is 5.75 Å². The molecule has 0 saturated carbocycles. The first-order valence-corrected chi connectivity index (χ1v) is 7.96. The highest BCUT2D eigenvalue weighted by Crippen LogP contribution is 2.44. The van der Waals surface area contributed by atoms with Gasteiger partial charge in [0.2, 0.25) is 0 Å². The zero-order valence-corrected chi connectivity index (χ0v) is 13.0. The molecule has 4 nitrogen and oxygen atoms in total. The number of halogens is 1. The van der Waals surface area contributed by atoms with Crippen LogP contribution < -0.4 is 4.74 Å². The second-order valence-electron chi connectivity index (χ2n) is 5.99. The maximum atomic E-state index is 6.38. The van der Waals surface area contributed by atoms with Crippen molar-refractivity contribution in [1.82, 2.24) is 9.55 Å². The van der Waals surface area contributed by atoms with E-state index in [1.54, 1.807) is 7.11 Å². The molecule has 4 rings (SSSR count). The average molecular weight is 307 g/mol. The Bertz CT molecular complexity index is 682. The number of imidazole rings is 1. The molecule has 4 atom stereocenters. The molecule has 5 heteroatoms. The normalized spacial score (nSPS) is 29.2. The number of hydrogen-bond acceptors (Lipinski definition) is 3. The molecule has 2 aromatic rings. The van der Waals surface area contributed by atoms with Gasteiger partial charge in [-0.1, -0.05) is 0 Å². The lowest BCUT2D eigenvalue weighted by atomic mass is 9.95. The molecule has 0 N–H and O–H groups in total. The van der Waals surface area contributed by atoms with E-state index in [2.05, 4.69) is 10.6 Å². The minimum Gasteiger partial charge on any atom is -0.497 e. The highest BCUT2D eigenvalue weighted by molar-refractivity contribution is 6.20. The fourth-order valence-corrected chi connectivity index (χ4v) is 3.88. The maximum Gasteiger partial charge on any atom is 0.128 e. The molecule has 2 aliphatic heterocycles. The lowest BCUT2D eigenvalue weighted by molar-refractivity contribution is 0.0939. The number of aromatic nitrogens is 2. The summed E-state index contributed by atoms with van der Waals surface area (Å²) in [5.74, 6) is 1.78. The molecule has 1 aromatic carbocycles. The van der Waals surface area contributed by atoms with E-state index in [4.69, 9.17) is 26.1 Å². The molecule has 4 unspecified atom stereocenters. The van der Waals surface area contributed by atoms with Gasteiger partial charge < -0.3 is 14.0 Å². The zero-order valence-electron chi connectivity index (χ0n) is 12.3. The van der Waals surface area contributed by atoms with E-state index in [-0.39, 0.29) is 5.38 Å². The van der Waals surface area contributed by atoms with Crippen molar-refractivity contribution in [2.75, 3.05) is 7.11 Å². The van der Waals surface area contributed by atoms with Gasteiger partial charge in [0.25, 0.3) is 0 Å². The van der Waals surface area contributed by atoms with Crippen molar-refractivity contribution in [3.05, 3.63) is 24.0 Å². The van der Waals surface area contributed by atoms with E-state index in [1.165, 1.54) is 6.42 Å². The van der Waals surface area contributed by atoms with Gasteiger partial charge in [0, 0.05) is 6.07 Å². The Labute approximate surface area is 129 Å². The van der Waals surface area contributed by atoms with Gasteiger partial charge in [0.15, 0.2) is 0 Å². The third kappa shape index (κ3) is 2.04. The van der Waals surface area contributed by atoms with Crippen LogP contribution in [0.2, 0.25) is 0 Å². The average Bonchev–Trinajstić information content (AvgIpc) is 3.18.